The van der Waals surface area contributed by atoms with Gasteiger partial charge >= 0.3 is 5.97 Å². The van der Waals surface area contributed by atoms with Crippen molar-refractivity contribution < 1.29 is 19.1 Å². The standard InChI is InChI=1S/C12H21FO3/c13-9-7-5-3-1-2-4-6-8-11(14)10-12(15)16/h1-10H2,(H,15,16). The smallest absolute Gasteiger partial charge is 0.310 e. The molecule has 0 aromatic carbocycles. The highest BCUT2D eigenvalue weighted by molar-refractivity contribution is 5.94. The van der Waals surface area contributed by atoms with Crippen LogP contribution in [0, 0.1) is 0 Å². The van der Waals surface area contributed by atoms with Gasteiger partial charge in [0.05, 0.1) is 6.67 Å². The van der Waals surface area contributed by atoms with E-state index in [1.165, 1.54) is 0 Å². The van der Waals surface area contributed by atoms with Gasteiger partial charge < -0.3 is 5.11 Å². The Bertz CT molecular complexity index is 204. The lowest BCUT2D eigenvalue weighted by atomic mass is 10.1. The van der Waals surface area contributed by atoms with Crippen LogP contribution in [0.4, 0.5) is 4.39 Å². The molecule has 0 saturated heterocycles. The highest BCUT2D eigenvalue weighted by Crippen LogP contribution is 2.09. The highest BCUT2D eigenvalue weighted by atomic mass is 19.1. The monoisotopic (exact) mass is 232 g/mol. The van der Waals surface area contributed by atoms with Crippen molar-refractivity contribution in [3.05, 3.63) is 0 Å². The van der Waals surface area contributed by atoms with Crippen molar-refractivity contribution >= 4 is 11.8 Å². The molecule has 4 heteroatoms. The van der Waals surface area contributed by atoms with E-state index in [2.05, 4.69) is 0 Å². The SMILES string of the molecule is O=C(O)CC(=O)CCCCCCCCCF. The van der Waals surface area contributed by atoms with Crippen LogP contribution in [-0.4, -0.2) is 23.5 Å². The van der Waals surface area contributed by atoms with Crippen LogP contribution in [0.1, 0.15) is 57.8 Å². The second-order valence-corrected chi connectivity index (χ2v) is 4.02. The summed E-state index contributed by atoms with van der Waals surface area (Å²) in [7, 11) is 0. The van der Waals surface area contributed by atoms with Crippen molar-refractivity contribution in [1.82, 2.24) is 0 Å². The maximum absolute atomic E-state index is 11.7. The Morgan fingerprint density at radius 3 is 1.88 bits per heavy atom. The molecule has 0 radical (unpaired) electrons. The third-order valence-corrected chi connectivity index (χ3v) is 2.44. The fourth-order valence-corrected chi connectivity index (χ4v) is 1.56. The largest absolute Gasteiger partial charge is 0.481 e. The van der Waals surface area contributed by atoms with Crippen molar-refractivity contribution in [2.75, 3.05) is 6.67 Å². The predicted molar refractivity (Wildman–Crippen MR) is 60.2 cm³/mol. The molecule has 0 spiro atoms. The molecule has 0 bridgehead atoms. The molecule has 0 amide bonds. The number of carboxylic acid groups (broad SMARTS) is 1. The quantitative estimate of drug-likeness (QED) is 0.440. The average Bonchev–Trinajstić information content (AvgIpc) is 2.21. The average molecular weight is 232 g/mol. The number of halogens is 1. The van der Waals surface area contributed by atoms with Crippen LogP contribution in [-0.2, 0) is 9.59 Å². The van der Waals surface area contributed by atoms with Gasteiger partial charge in [-0.3, -0.25) is 14.0 Å². The van der Waals surface area contributed by atoms with Gasteiger partial charge in [0.15, 0.2) is 0 Å². The van der Waals surface area contributed by atoms with Gasteiger partial charge in [-0.25, -0.2) is 0 Å². The summed E-state index contributed by atoms with van der Waals surface area (Å²) in [6.07, 6.45) is 6.52. The van der Waals surface area contributed by atoms with Crippen LogP contribution in [0.25, 0.3) is 0 Å². The van der Waals surface area contributed by atoms with Crippen LogP contribution >= 0.6 is 0 Å². The van der Waals surface area contributed by atoms with Crippen molar-refractivity contribution in [2.45, 2.75) is 57.8 Å². The molecule has 0 aliphatic carbocycles. The summed E-state index contributed by atoms with van der Waals surface area (Å²) in [6.45, 7) is -0.232. The first-order valence-corrected chi connectivity index (χ1v) is 5.96. The molecule has 3 nitrogen and oxygen atoms in total. The molecule has 0 aromatic rings. The van der Waals surface area contributed by atoms with Gasteiger partial charge in [-0.2, -0.15) is 0 Å². The van der Waals surface area contributed by atoms with E-state index in [1.807, 2.05) is 0 Å². The Labute approximate surface area is 96.0 Å². The molecule has 1 N–H and O–H groups in total. The zero-order chi connectivity index (χ0) is 12.2. The molecule has 0 saturated carbocycles. The van der Waals surface area contributed by atoms with Crippen molar-refractivity contribution in [3.63, 3.8) is 0 Å². The molecule has 0 heterocycles. The number of unbranched alkanes of at least 4 members (excludes halogenated alkanes) is 6. The van der Waals surface area contributed by atoms with E-state index < -0.39 is 5.97 Å². The van der Waals surface area contributed by atoms with Gasteiger partial charge in [-0.15, -0.1) is 0 Å². The molecule has 0 fully saturated rings. The zero-order valence-electron chi connectivity index (χ0n) is 9.71. The molecule has 0 atom stereocenters. The van der Waals surface area contributed by atoms with Crippen LogP contribution in [0.2, 0.25) is 0 Å². The number of hydrogen-bond acceptors (Lipinski definition) is 2. The van der Waals surface area contributed by atoms with E-state index in [0.717, 1.165) is 38.5 Å². The third kappa shape index (κ3) is 11.1. The van der Waals surface area contributed by atoms with Gasteiger partial charge in [0.1, 0.15) is 12.2 Å². The summed E-state index contributed by atoms with van der Waals surface area (Å²) >= 11 is 0. The second-order valence-electron chi connectivity index (χ2n) is 4.02. The zero-order valence-corrected chi connectivity index (χ0v) is 9.71. The maximum Gasteiger partial charge on any atom is 0.310 e. The summed E-state index contributed by atoms with van der Waals surface area (Å²) in [5.41, 5.74) is 0. The number of carbonyl (C=O) groups excluding carboxylic acids is 1. The number of rotatable bonds is 11. The van der Waals surface area contributed by atoms with E-state index in [-0.39, 0.29) is 18.9 Å². The molecule has 94 valence electrons. The first-order chi connectivity index (χ1) is 7.66. The molecule has 0 aliphatic heterocycles. The lowest BCUT2D eigenvalue weighted by Gasteiger charge is -2.00. The lowest BCUT2D eigenvalue weighted by molar-refractivity contribution is -0.140. The Morgan fingerprint density at radius 2 is 1.38 bits per heavy atom. The van der Waals surface area contributed by atoms with E-state index in [4.69, 9.17) is 5.11 Å². The summed E-state index contributed by atoms with van der Waals surface area (Å²) in [4.78, 5) is 21.2. The number of Topliss-reactive ketones (excluding diaryl/α,β-unsaturated/α-hetero) is 1. The minimum absolute atomic E-state index is 0.190. The molecule has 0 rings (SSSR count). The fraction of sp³-hybridized carbons (Fsp3) is 0.833. The molecule has 0 aliphatic rings. The third-order valence-electron chi connectivity index (χ3n) is 2.44. The minimum atomic E-state index is -1.05. The van der Waals surface area contributed by atoms with Crippen LogP contribution in [0.5, 0.6) is 0 Å². The minimum Gasteiger partial charge on any atom is -0.481 e. The van der Waals surface area contributed by atoms with Crippen molar-refractivity contribution in [3.8, 4) is 0 Å². The number of ketones is 1. The van der Waals surface area contributed by atoms with Crippen LogP contribution in [0.15, 0.2) is 0 Å². The summed E-state index contributed by atoms with van der Waals surface area (Å²) in [5.74, 6) is -1.24. The van der Waals surface area contributed by atoms with Crippen LogP contribution in [0.3, 0.4) is 0 Å². The van der Waals surface area contributed by atoms with Gasteiger partial charge in [0.2, 0.25) is 0 Å². The van der Waals surface area contributed by atoms with E-state index in [1.54, 1.807) is 0 Å². The second kappa shape index (κ2) is 10.6. The summed E-state index contributed by atoms with van der Waals surface area (Å²) in [6, 6.07) is 0. The predicted octanol–water partition coefficient (Wildman–Crippen LogP) is 3.12. The highest BCUT2D eigenvalue weighted by Gasteiger charge is 2.06. The van der Waals surface area contributed by atoms with E-state index in [0.29, 0.717) is 12.8 Å². The molecular weight excluding hydrogens is 211 g/mol. The topological polar surface area (TPSA) is 54.4 Å². The first kappa shape index (κ1) is 15.1. The Morgan fingerprint density at radius 1 is 0.875 bits per heavy atom. The molecule has 0 unspecified atom stereocenters. The molecule has 0 aromatic heterocycles. The number of carbonyl (C=O) groups is 2. The number of alkyl halides is 1. The number of aliphatic carboxylic acids is 1. The molecular formula is C12H21FO3. The summed E-state index contributed by atoms with van der Waals surface area (Å²) in [5, 5.41) is 8.36. The van der Waals surface area contributed by atoms with Gasteiger partial charge in [-0.05, 0) is 12.8 Å². The van der Waals surface area contributed by atoms with Gasteiger partial charge in [-0.1, -0.05) is 32.1 Å². The van der Waals surface area contributed by atoms with Gasteiger partial charge in [0, 0.05) is 6.42 Å². The maximum atomic E-state index is 11.7. The summed E-state index contributed by atoms with van der Waals surface area (Å²) < 4.78 is 11.7. The van der Waals surface area contributed by atoms with E-state index in [9.17, 15) is 14.0 Å². The number of carboxylic acids is 1. The number of hydrogen-bond donors (Lipinski definition) is 1. The van der Waals surface area contributed by atoms with Gasteiger partial charge in [0.25, 0.3) is 0 Å². The first-order valence-electron chi connectivity index (χ1n) is 5.96. The normalized spacial score (nSPS) is 10.3. The van der Waals surface area contributed by atoms with Crippen LogP contribution < -0.4 is 0 Å². The molecule has 16 heavy (non-hydrogen) atoms. The van der Waals surface area contributed by atoms with E-state index >= 15 is 0 Å². The fourth-order valence-electron chi connectivity index (χ4n) is 1.56. The Kier molecular flexibility index (Phi) is 9.97. The Balaban J connectivity index is 3.14. The van der Waals surface area contributed by atoms with Crippen molar-refractivity contribution in [2.24, 2.45) is 0 Å². The lowest BCUT2D eigenvalue weighted by Crippen LogP contribution is -2.05. The Hall–Kier alpha value is -0.930. The van der Waals surface area contributed by atoms with Crippen molar-refractivity contribution in [1.29, 1.82) is 0 Å².